The fraction of sp³-hybridized carbons (Fsp3) is 0.320. The van der Waals surface area contributed by atoms with Crippen LogP contribution in [0, 0.1) is 24.1 Å². The van der Waals surface area contributed by atoms with Crippen molar-refractivity contribution in [3.63, 3.8) is 0 Å². The first-order valence-electron chi connectivity index (χ1n) is 10.0. The molecule has 1 aliphatic heterocycles. The molecule has 2 fully saturated rings. The van der Waals surface area contributed by atoms with E-state index in [1.165, 1.54) is 23.4 Å². The third kappa shape index (κ3) is 3.37. The number of hydrogen-bond acceptors (Lipinski definition) is 3. The number of halogens is 1. The first-order valence-corrected chi connectivity index (χ1v) is 10.0. The van der Waals surface area contributed by atoms with Crippen molar-refractivity contribution in [1.29, 1.82) is 0 Å². The summed E-state index contributed by atoms with van der Waals surface area (Å²) in [6, 6.07) is 12.8. The zero-order valence-corrected chi connectivity index (χ0v) is 17.1. The van der Waals surface area contributed by atoms with Gasteiger partial charge in [0.25, 0.3) is 0 Å². The van der Waals surface area contributed by atoms with Gasteiger partial charge < -0.3 is 9.80 Å². The lowest BCUT2D eigenvalue weighted by Gasteiger charge is -2.61. The largest absolute Gasteiger partial charge is 0.370 e. The van der Waals surface area contributed by atoms with Crippen LogP contribution in [-0.4, -0.2) is 31.3 Å². The summed E-state index contributed by atoms with van der Waals surface area (Å²) in [5.41, 5.74) is 5.44. The number of nitrogens with zero attached hydrogens (tertiary/aromatic N) is 2. The summed E-state index contributed by atoms with van der Waals surface area (Å²) in [4.78, 5) is 15.3. The van der Waals surface area contributed by atoms with Crippen molar-refractivity contribution < 1.29 is 9.18 Å². The van der Waals surface area contributed by atoms with Crippen molar-refractivity contribution in [2.45, 2.75) is 19.8 Å². The average Bonchev–Trinajstić information content (AvgIpc) is 2.65. The van der Waals surface area contributed by atoms with E-state index in [1.807, 2.05) is 0 Å². The molecule has 0 bridgehead atoms. The molecule has 0 radical (unpaired) electrons. The molecule has 1 saturated carbocycles. The van der Waals surface area contributed by atoms with Crippen molar-refractivity contribution >= 4 is 17.7 Å². The number of para-hydroxylation sites is 1. The maximum absolute atomic E-state index is 14.2. The molecule has 0 aromatic heterocycles. The third-order valence-corrected chi connectivity index (χ3v) is 6.61. The second kappa shape index (κ2) is 7.18. The highest BCUT2D eigenvalue weighted by atomic mass is 19.1. The molecule has 1 aliphatic carbocycles. The molecule has 2 aliphatic rings. The standard InChI is InChI=1S/C25H27FN2O/c1-17-7-5-6-8-24(17)27(4)18(2)21-12-25(13-21)15-28(16-25)19(3)22-11-20(14-29)9-10-23(22)26/h5-11,14,21H,2-3,12-13,15-16H2,1,4H3. The van der Waals surface area contributed by atoms with Crippen LogP contribution in [0.1, 0.15) is 34.3 Å². The van der Waals surface area contributed by atoms with Crippen LogP contribution in [0.25, 0.3) is 5.70 Å². The highest BCUT2D eigenvalue weighted by Crippen LogP contribution is 2.56. The van der Waals surface area contributed by atoms with E-state index < -0.39 is 0 Å². The van der Waals surface area contributed by atoms with Gasteiger partial charge in [-0.15, -0.1) is 0 Å². The number of allylic oxidation sites excluding steroid dienone is 1. The van der Waals surface area contributed by atoms with E-state index in [0.29, 0.717) is 22.7 Å². The van der Waals surface area contributed by atoms with Crippen molar-refractivity contribution in [1.82, 2.24) is 4.90 Å². The molecule has 2 aromatic rings. The van der Waals surface area contributed by atoms with Gasteiger partial charge in [-0.05, 0) is 55.5 Å². The molecule has 0 amide bonds. The van der Waals surface area contributed by atoms with Crippen molar-refractivity contribution in [3.8, 4) is 0 Å². The second-order valence-corrected chi connectivity index (χ2v) is 8.60. The molecule has 0 atom stereocenters. The van der Waals surface area contributed by atoms with E-state index in [2.05, 4.69) is 61.2 Å². The zero-order chi connectivity index (χ0) is 20.8. The minimum Gasteiger partial charge on any atom is -0.370 e. The van der Waals surface area contributed by atoms with Crippen molar-refractivity contribution in [2.75, 3.05) is 25.0 Å². The first-order chi connectivity index (χ1) is 13.8. The van der Waals surface area contributed by atoms with Crippen molar-refractivity contribution in [2.24, 2.45) is 11.3 Å². The number of hydrogen-bond donors (Lipinski definition) is 0. The Balaban J connectivity index is 1.36. The Labute approximate surface area is 172 Å². The molecule has 4 rings (SSSR count). The Bertz CT molecular complexity index is 982. The molecule has 0 unspecified atom stereocenters. The van der Waals surface area contributed by atoms with Crippen LogP contribution >= 0.6 is 0 Å². The molecule has 0 N–H and O–H groups in total. The van der Waals surface area contributed by atoms with Gasteiger partial charge in [0.2, 0.25) is 0 Å². The fourth-order valence-corrected chi connectivity index (χ4v) is 4.81. The normalized spacial score (nSPS) is 17.4. The van der Waals surface area contributed by atoms with Crippen LogP contribution < -0.4 is 4.90 Å². The lowest BCUT2D eigenvalue weighted by molar-refractivity contribution is -0.0536. The van der Waals surface area contributed by atoms with Gasteiger partial charge in [0.05, 0.1) is 0 Å². The lowest BCUT2D eigenvalue weighted by Crippen LogP contribution is -2.61. The van der Waals surface area contributed by atoms with Crippen LogP contribution in [0.3, 0.4) is 0 Å². The number of benzene rings is 2. The summed E-state index contributed by atoms with van der Waals surface area (Å²) in [6.07, 6.45) is 2.94. The Morgan fingerprint density at radius 1 is 1.21 bits per heavy atom. The highest BCUT2D eigenvalue weighted by Gasteiger charge is 2.53. The van der Waals surface area contributed by atoms with E-state index >= 15 is 0 Å². The molecule has 1 saturated heterocycles. The number of anilines is 1. The Morgan fingerprint density at radius 2 is 1.90 bits per heavy atom. The number of carbonyl (C=O) groups excluding carboxylic acids is 1. The maximum atomic E-state index is 14.2. The molecule has 1 heterocycles. The average molecular weight is 391 g/mol. The topological polar surface area (TPSA) is 23.6 Å². The number of aryl methyl sites for hydroxylation is 1. The molecule has 2 aromatic carbocycles. The zero-order valence-electron chi connectivity index (χ0n) is 17.1. The predicted molar refractivity (Wildman–Crippen MR) is 116 cm³/mol. The van der Waals surface area contributed by atoms with Crippen LogP contribution in [0.4, 0.5) is 10.1 Å². The number of likely N-dealkylation sites (tertiary alicyclic amines) is 1. The minimum atomic E-state index is -0.332. The first kappa shape index (κ1) is 19.4. The Morgan fingerprint density at radius 3 is 2.55 bits per heavy atom. The van der Waals surface area contributed by atoms with Gasteiger partial charge in [0.15, 0.2) is 0 Å². The van der Waals surface area contributed by atoms with E-state index in [9.17, 15) is 9.18 Å². The lowest BCUT2D eigenvalue weighted by atomic mass is 9.56. The molecule has 3 nitrogen and oxygen atoms in total. The number of rotatable bonds is 6. The Kier molecular flexibility index (Phi) is 4.81. The van der Waals surface area contributed by atoms with Gasteiger partial charge in [-0.2, -0.15) is 0 Å². The smallest absolute Gasteiger partial charge is 0.150 e. The van der Waals surface area contributed by atoms with Gasteiger partial charge in [-0.3, -0.25) is 4.79 Å². The molecule has 1 spiro atoms. The van der Waals surface area contributed by atoms with Crippen LogP contribution in [0.5, 0.6) is 0 Å². The van der Waals surface area contributed by atoms with E-state index in [1.54, 1.807) is 6.07 Å². The van der Waals surface area contributed by atoms with Crippen LogP contribution in [0.2, 0.25) is 0 Å². The summed E-state index contributed by atoms with van der Waals surface area (Å²) >= 11 is 0. The summed E-state index contributed by atoms with van der Waals surface area (Å²) in [7, 11) is 2.09. The van der Waals surface area contributed by atoms with Gasteiger partial charge in [-0.25, -0.2) is 4.39 Å². The summed E-state index contributed by atoms with van der Waals surface area (Å²) in [5, 5.41) is 0. The SMILES string of the molecule is C=C(c1cc(C=O)ccc1F)N1CC2(CC(C(=C)N(C)c3ccccc3C)C2)C1. The molecular weight excluding hydrogens is 363 g/mol. The van der Waals surface area contributed by atoms with Gasteiger partial charge >= 0.3 is 0 Å². The fourth-order valence-electron chi connectivity index (χ4n) is 4.81. The molecule has 150 valence electrons. The number of aldehydes is 1. The molecule has 29 heavy (non-hydrogen) atoms. The monoisotopic (exact) mass is 390 g/mol. The van der Waals surface area contributed by atoms with Crippen molar-refractivity contribution in [3.05, 3.63) is 83.8 Å². The molecule has 4 heteroatoms. The maximum Gasteiger partial charge on any atom is 0.150 e. The summed E-state index contributed by atoms with van der Waals surface area (Å²) in [5.74, 6) is 0.145. The van der Waals surface area contributed by atoms with E-state index in [-0.39, 0.29) is 11.2 Å². The van der Waals surface area contributed by atoms with Gasteiger partial charge in [0, 0.05) is 53.8 Å². The van der Waals surface area contributed by atoms with Crippen LogP contribution in [-0.2, 0) is 0 Å². The predicted octanol–water partition coefficient (Wildman–Crippen LogP) is 5.28. The summed E-state index contributed by atoms with van der Waals surface area (Å²) in [6.45, 7) is 12.3. The Hall–Kier alpha value is -2.88. The highest BCUT2D eigenvalue weighted by molar-refractivity contribution is 5.78. The number of carbonyl (C=O) groups is 1. The third-order valence-electron chi connectivity index (χ3n) is 6.61. The van der Waals surface area contributed by atoms with E-state index in [4.69, 9.17) is 0 Å². The minimum absolute atomic E-state index is 0.280. The van der Waals surface area contributed by atoms with Crippen LogP contribution in [0.15, 0.2) is 61.3 Å². The molecular formula is C25H27FN2O. The van der Waals surface area contributed by atoms with Gasteiger partial charge in [0.1, 0.15) is 12.1 Å². The summed E-state index contributed by atoms with van der Waals surface area (Å²) < 4.78 is 14.2. The quantitative estimate of drug-likeness (QED) is 0.627. The van der Waals surface area contributed by atoms with E-state index in [0.717, 1.165) is 37.9 Å². The van der Waals surface area contributed by atoms with Gasteiger partial charge in [-0.1, -0.05) is 31.4 Å². The second-order valence-electron chi connectivity index (χ2n) is 8.60.